The van der Waals surface area contributed by atoms with Crippen molar-refractivity contribution in [2.24, 2.45) is 11.1 Å². The van der Waals surface area contributed by atoms with E-state index in [0.29, 0.717) is 17.5 Å². The van der Waals surface area contributed by atoms with Crippen molar-refractivity contribution in [3.63, 3.8) is 0 Å². The van der Waals surface area contributed by atoms with Crippen molar-refractivity contribution in [1.82, 2.24) is 15.0 Å². The molecule has 0 amide bonds. The maximum absolute atomic E-state index is 6.04. The minimum absolute atomic E-state index is 0.451. The van der Waals surface area contributed by atoms with E-state index >= 15 is 0 Å². The van der Waals surface area contributed by atoms with E-state index in [2.05, 4.69) is 10.3 Å². The van der Waals surface area contributed by atoms with Gasteiger partial charge in [-0.25, -0.2) is 9.97 Å². The van der Waals surface area contributed by atoms with Crippen LogP contribution in [0.25, 0.3) is 11.4 Å². The summed E-state index contributed by atoms with van der Waals surface area (Å²) in [5.74, 6) is 1.90. The summed E-state index contributed by atoms with van der Waals surface area (Å²) >= 11 is 0. The highest BCUT2D eigenvalue weighted by atomic mass is 15.1. The van der Waals surface area contributed by atoms with Crippen LogP contribution in [-0.4, -0.2) is 27.0 Å². The molecule has 5 rings (SSSR count). The lowest BCUT2D eigenvalue weighted by molar-refractivity contribution is 0.0515. The monoisotopic (exact) mass is 349 g/mol. The van der Waals surface area contributed by atoms with E-state index in [1.165, 1.54) is 56.2 Å². The normalized spacial score (nSPS) is 30.0. The van der Waals surface area contributed by atoms with Crippen LogP contribution >= 0.6 is 0 Å². The van der Waals surface area contributed by atoms with Crippen LogP contribution in [-0.2, 0) is 12.8 Å². The van der Waals surface area contributed by atoms with Gasteiger partial charge in [-0.3, -0.25) is 4.98 Å². The topological polar surface area (TPSA) is 76.7 Å². The molecule has 3 aliphatic carbocycles. The van der Waals surface area contributed by atoms with Crippen LogP contribution in [0.15, 0.2) is 24.5 Å². The molecular formula is C21H27N5. The molecule has 2 fully saturated rings. The van der Waals surface area contributed by atoms with Crippen molar-refractivity contribution in [3.8, 4) is 11.4 Å². The van der Waals surface area contributed by atoms with E-state index in [4.69, 9.17) is 15.7 Å². The van der Waals surface area contributed by atoms with Crippen molar-refractivity contribution in [2.75, 3.05) is 5.32 Å². The average molecular weight is 349 g/mol. The van der Waals surface area contributed by atoms with Gasteiger partial charge in [0.1, 0.15) is 5.82 Å². The minimum atomic E-state index is 0.451. The summed E-state index contributed by atoms with van der Waals surface area (Å²) in [4.78, 5) is 13.9. The van der Waals surface area contributed by atoms with Gasteiger partial charge >= 0.3 is 0 Å². The highest BCUT2D eigenvalue weighted by Crippen LogP contribution is 2.51. The first kappa shape index (κ1) is 16.2. The van der Waals surface area contributed by atoms with Gasteiger partial charge in [0, 0.05) is 41.3 Å². The summed E-state index contributed by atoms with van der Waals surface area (Å²) in [6, 6.07) is 4.96. The Hall–Kier alpha value is -2.01. The Bertz CT molecular complexity index is 788. The van der Waals surface area contributed by atoms with E-state index in [0.717, 1.165) is 30.0 Å². The standard InChI is InChI=1S/C21H27N5/c22-15-12-21(13-15)8-4-16(5-9-21)24-20-17-2-1-3-18(17)25-19(26-20)14-6-10-23-11-7-14/h6-7,10-11,15-16H,1-5,8-9,12-13,22H2,(H,24,25,26). The van der Waals surface area contributed by atoms with Crippen LogP contribution in [0.4, 0.5) is 5.82 Å². The number of anilines is 1. The number of aryl methyl sites for hydroxylation is 1. The zero-order valence-corrected chi connectivity index (χ0v) is 15.2. The van der Waals surface area contributed by atoms with Gasteiger partial charge < -0.3 is 11.1 Å². The molecule has 0 saturated heterocycles. The third kappa shape index (κ3) is 2.88. The summed E-state index contributed by atoms with van der Waals surface area (Å²) in [6.45, 7) is 0. The molecular weight excluding hydrogens is 322 g/mol. The molecule has 5 nitrogen and oxygen atoms in total. The third-order valence-electron chi connectivity index (χ3n) is 6.65. The predicted octanol–water partition coefficient (Wildman–Crippen LogP) is 3.49. The van der Waals surface area contributed by atoms with E-state index < -0.39 is 0 Å². The molecule has 0 bridgehead atoms. The first-order valence-corrected chi connectivity index (χ1v) is 10.0. The van der Waals surface area contributed by atoms with Crippen LogP contribution in [0.5, 0.6) is 0 Å². The molecule has 136 valence electrons. The molecule has 2 saturated carbocycles. The van der Waals surface area contributed by atoms with Crippen molar-refractivity contribution < 1.29 is 0 Å². The van der Waals surface area contributed by atoms with E-state index in [1.807, 2.05) is 24.5 Å². The Morgan fingerprint density at radius 3 is 2.54 bits per heavy atom. The maximum atomic E-state index is 6.04. The van der Waals surface area contributed by atoms with Gasteiger partial charge in [0.15, 0.2) is 5.82 Å². The highest BCUT2D eigenvalue weighted by molar-refractivity contribution is 5.60. The number of fused-ring (bicyclic) bond motifs is 1. The molecule has 0 atom stereocenters. The summed E-state index contributed by atoms with van der Waals surface area (Å²) in [7, 11) is 0. The van der Waals surface area contributed by atoms with Gasteiger partial charge in [-0.15, -0.1) is 0 Å². The van der Waals surface area contributed by atoms with Crippen LogP contribution in [0, 0.1) is 5.41 Å². The lowest BCUT2D eigenvalue weighted by Gasteiger charge is -2.50. The average Bonchev–Trinajstić information content (AvgIpc) is 3.12. The van der Waals surface area contributed by atoms with Crippen molar-refractivity contribution >= 4 is 5.82 Å². The Kier molecular flexibility index (Phi) is 3.92. The number of nitrogens with one attached hydrogen (secondary N) is 1. The van der Waals surface area contributed by atoms with Crippen molar-refractivity contribution in [1.29, 1.82) is 0 Å². The summed E-state index contributed by atoms with van der Waals surface area (Å²) in [5.41, 5.74) is 10.2. The predicted molar refractivity (Wildman–Crippen MR) is 103 cm³/mol. The molecule has 1 spiro atoms. The van der Waals surface area contributed by atoms with Crippen molar-refractivity contribution in [2.45, 2.75) is 69.9 Å². The quantitative estimate of drug-likeness (QED) is 0.887. The second-order valence-electron chi connectivity index (χ2n) is 8.50. The Balaban J connectivity index is 1.36. The fraction of sp³-hybridized carbons (Fsp3) is 0.571. The molecule has 0 aromatic carbocycles. The molecule has 3 aliphatic rings. The van der Waals surface area contributed by atoms with Gasteiger partial charge in [0.2, 0.25) is 0 Å². The maximum Gasteiger partial charge on any atom is 0.161 e. The van der Waals surface area contributed by atoms with E-state index in [-0.39, 0.29) is 0 Å². The molecule has 2 heterocycles. The van der Waals surface area contributed by atoms with Crippen LogP contribution in [0.2, 0.25) is 0 Å². The molecule has 2 aromatic rings. The van der Waals surface area contributed by atoms with Gasteiger partial charge in [-0.2, -0.15) is 0 Å². The number of hydrogen-bond donors (Lipinski definition) is 2. The van der Waals surface area contributed by atoms with Gasteiger partial charge in [0.05, 0.1) is 0 Å². The van der Waals surface area contributed by atoms with Gasteiger partial charge in [-0.05, 0) is 75.3 Å². The summed E-state index contributed by atoms with van der Waals surface area (Å²) in [6.07, 6.45) is 14.5. The SMILES string of the molecule is NC1CC2(CCC(Nc3nc(-c4ccncc4)nc4c3CCC4)CC2)C1. The summed E-state index contributed by atoms with van der Waals surface area (Å²) in [5, 5.41) is 3.79. The van der Waals surface area contributed by atoms with Gasteiger partial charge in [0.25, 0.3) is 0 Å². The van der Waals surface area contributed by atoms with Crippen LogP contribution in [0.1, 0.15) is 56.2 Å². The first-order chi connectivity index (χ1) is 12.7. The molecule has 2 aromatic heterocycles. The fourth-order valence-electron chi connectivity index (χ4n) is 5.21. The minimum Gasteiger partial charge on any atom is -0.367 e. The number of rotatable bonds is 3. The van der Waals surface area contributed by atoms with Gasteiger partial charge in [-0.1, -0.05) is 0 Å². The number of pyridine rings is 1. The molecule has 26 heavy (non-hydrogen) atoms. The Morgan fingerprint density at radius 2 is 1.81 bits per heavy atom. The second kappa shape index (κ2) is 6.31. The zero-order valence-electron chi connectivity index (χ0n) is 15.2. The highest BCUT2D eigenvalue weighted by Gasteiger charge is 2.44. The van der Waals surface area contributed by atoms with Crippen molar-refractivity contribution in [3.05, 3.63) is 35.8 Å². The lowest BCUT2D eigenvalue weighted by Crippen LogP contribution is -2.49. The third-order valence-corrected chi connectivity index (χ3v) is 6.65. The van der Waals surface area contributed by atoms with Crippen LogP contribution < -0.4 is 11.1 Å². The molecule has 3 N–H and O–H groups in total. The molecule has 5 heteroatoms. The lowest BCUT2D eigenvalue weighted by atomic mass is 9.58. The number of hydrogen-bond acceptors (Lipinski definition) is 5. The zero-order chi connectivity index (χ0) is 17.6. The largest absolute Gasteiger partial charge is 0.367 e. The Morgan fingerprint density at radius 1 is 1.04 bits per heavy atom. The first-order valence-electron chi connectivity index (χ1n) is 10.0. The molecule has 0 aliphatic heterocycles. The molecule has 0 unspecified atom stereocenters. The second-order valence-corrected chi connectivity index (χ2v) is 8.50. The smallest absolute Gasteiger partial charge is 0.161 e. The number of nitrogens with zero attached hydrogens (tertiary/aromatic N) is 3. The van der Waals surface area contributed by atoms with E-state index in [1.54, 1.807) is 0 Å². The van der Waals surface area contributed by atoms with E-state index in [9.17, 15) is 0 Å². The number of nitrogens with two attached hydrogens (primary N) is 1. The molecule has 0 radical (unpaired) electrons. The fourth-order valence-corrected chi connectivity index (χ4v) is 5.21. The summed E-state index contributed by atoms with van der Waals surface area (Å²) < 4.78 is 0. The Labute approximate surface area is 154 Å². The van der Waals surface area contributed by atoms with Crippen LogP contribution in [0.3, 0.4) is 0 Å². The number of aromatic nitrogens is 3.